The quantitative estimate of drug-likeness (QED) is 0.821. The van der Waals surface area contributed by atoms with Crippen molar-refractivity contribution in [2.45, 2.75) is 26.7 Å². The van der Waals surface area contributed by atoms with E-state index in [-0.39, 0.29) is 11.7 Å². The van der Waals surface area contributed by atoms with Crippen LogP contribution in [-0.2, 0) is 11.2 Å². The predicted molar refractivity (Wildman–Crippen MR) is 75.7 cm³/mol. The van der Waals surface area contributed by atoms with Crippen LogP contribution in [0.25, 0.3) is 0 Å². The van der Waals surface area contributed by atoms with Crippen LogP contribution in [0.4, 0.5) is 5.69 Å². The van der Waals surface area contributed by atoms with E-state index in [1.807, 2.05) is 25.1 Å². The van der Waals surface area contributed by atoms with E-state index in [1.54, 1.807) is 6.92 Å². The summed E-state index contributed by atoms with van der Waals surface area (Å²) >= 11 is 0. The number of rotatable bonds is 5. The van der Waals surface area contributed by atoms with E-state index in [4.69, 9.17) is 0 Å². The number of anilines is 1. The van der Waals surface area contributed by atoms with Crippen molar-refractivity contribution in [3.8, 4) is 0 Å². The summed E-state index contributed by atoms with van der Waals surface area (Å²) in [4.78, 5) is 25.2. The van der Waals surface area contributed by atoms with Gasteiger partial charge in [0.05, 0.1) is 6.54 Å². The SMILES string of the molecule is CCCNC(=O)CN1CCc2cc(C(C)=O)ccc21. The lowest BCUT2D eigenvalue weighted by Gasteiger charge is -2.18. The molecule has 1 aromatic carbocycles. The minimum Gasteiger partial charge on any atom is -0.362 e. The molecule has 4 nitrogen and oxygen atoms in total. The molecule has 1 N–H and O–H groups in total. The van der Waals surface area contributed by atoms with Gasteiger partial charge in [0, 0.05) is 24.3 Å². The predicted octanol–water partition coefficient (Wildman–Crippen LogP) is 1.78. The molecule has 0 bridgehead atoms. The molecule has 19 heavy (non-hydrogen) atoms. The molecule has 0 spiro atoms. The average molecular weight is 260 g/mol. The first-order chi connectivity index (χ1) is 9.11. The van der Waals surface area contributed by atoms with Crippen LogP contribution in [0.15, 0.2) is 18.2 Å². The van der Waals surface area contributed by atoms with E-state index in [9.17, 15) is 9.59 Å². The Bertz CT molecular complexity index is 497. The number of hydrogen-bond donors (Lipinski definition) is 1. The number of benzene rings is 1. The summed E-state index contributed by atoms with van der Waals surface area (Å²) in [5, 5.41) is 2.88. The summed E-state index contributed by atoms with van der Waals surface area (Å²) in [6.07, 6.45) is 1.85. The molecule has 1 aliphatic heterocycles. The van der Waals surface area contributed by atoms with Gasteiger partial charge in [0.15, 0.2) is 5.78 Å². The summed E-state index contributed by atoms with van der Waals surface area (Å²) in [7, 11) is 0. The maximum Gasteiger partial charge on any atom is 0.239 e. The van der Waals surface area contributed by atoms with E-state index in [0.717, 1.165) is 42.7 Å². The molecule has 1 aliphatic rings. The van der Waals surface area contributed by atoms with Crippen molar-refractivity contribution in [2.24, 2.45) is 0 Å². The van der Waals surface area contributed by atoms with E-state index < -0.39 is 0 Å². The van der Waals surface area contributed by atoms with Crippen LogP contribution in [0.1, 0.15) is 36.2 Å². The summed E-state index contributed by atoms with van der Waals surface area (Å²) in [6, 6.07) is 5.73. The zero-order chi connectivity index (χ0) is 13.8. The highest BCUT2D eigenvalue weighted by atomic mass is 16.2. The minimum atomic E-state index is 0.0605. The van der Waals surface area contributed by atoms with Crippen molar-refractivity contribution in [1.29, 1.82) is 0 Å². The second kappa shape index (κ2) is 5.87. The van der Waals surface area contributed by atoms with E-state index in [2.05, 4.69) is 10.2 Å². The van der Waals surface area contributed by atoms with Gasteiger partial charge in [0.25, 0.3) is 0 Å². The number of amides is 1. The number of nitrogens with zero attached hydrogens (tertiary/aromatic N) is 1. The summed E-state index contributed by atoms with van der Waals surface area (Å²) in [6.45, 7) is 5.58. The Morgan fingerprint density at radius 3 is 2.84 bits per heavy atom. The van der Waals surface area contributed by atoms with Gasteiger partial charge in [-0.15, -0.1) is 0 Å². The fourth-order valence-corrected chi connectivity index (χ4v) is 2.35. The summed E-state index contributed by atoms with van der Waals surface area (Å²) < 4.78 is 0. The van der Waals surface area contributed by atoms with Crippen molar-refractivity contribution in [3.63, 3.8) is 0 Å². The van der Waals surface area contributed by atoms with E-state index in [1.165, 1.54) is 0 Å². The largest absolute Gasteiger partial charge is 0.362 e. The topological polar surface area (TPSA) is 49.4 Å². The van der Waals surface area contributed by atoms with Gasteiger partial charge < -0.3 is 10.2 Å². The highest BCUT2D eigenvalue weighted by Gasteiger charge is 2.21. The van der Waals surface area contributed by atoms with Gasteiger partial charge in [0.2, 0.25) is 5.91 Å². The first-order valence-corrected chi connectivity index (χ1v) is 6.77. The third-order valence-electron chi connectivity index (χ3n) is 3.38. The van der Waals surface area contributed by atoms with Crippen LogP contribution in [0.5, 0.6) is 0 Å². The fraction of sp³-hybridized carbons (Fsp3) is 0.467. The van der Waals surface area contributed by atoms with Crippen LogP contribution in [-0.4, -0.2) is 31.3 Å². The molecule has 0 fully saturated rings. The van der Waals surface area contributed by atoms with Crippen molar-refractivity contribution < 1.29 is 9.59 Å². The molecule has 1 aromatic rings. The minimum absolute atomic E-state index is 0.0605. The molecule has 0 saturated carbocycles. The maximum atomic E-state index is 11.7. The molecule has 1 amide bonds. The van der Waals surface area contributed by atoms with Gasteiger partial charge in [-0.2, -0.15) is 0 Å². The lowest BCUT2D eigenvalue weighted by atomic mass is 10.1. The van der Waals surface area contributed by atoms with Gasteiger partial charge in [-0.1, -0.05) is 6.92 Å². The lowest BCUT2D eigenvalue weighted by Crippen LogP contribution is -2.36. The molecule has 0 unspecified atom stereocenters. The van der Waals surface area contributed by atoms with E-state index >= 15 is 0 Å². The second-order valence-corrected chi connectivity index (χ2v) is 4.92. The van der Waals surface area contributed by atoms with Crippen molar-refractivity contribution in [1.82, 2.24) is 5.32 Å². The third-order valence-corrected chi connectivity index (χ3v) is 3.38. The first-order valence-electron chi connectivity index (χ1n) is 6.77. The van der Waals surface area contributed by atoms with Crippen molar-refractivity contribution in [3.05, 3.63) is 29.3 Å². The molecule has 0 aliphatic carbocycles. The van der Waals surface area contributed by atoms with Crippen LogP contribution >= 0.6 is 0 Å². The summed E-state index contributed by atoms with van der Waals surface area (Å²) in [5.74, 6) is 0.146. The normalized spacial score (nSPS) is 13.3. The Balaban J connectivity index is 2.06. The Hall–Kier alpha value is -1.84. The van der Waals surface area contributed by atoms with Crippen molar-refractivity contribution >= 4 is 17.4 Å². The highest BCUT2D eigenvalue weighted by Crippen LogP contribution is 2.28. The number of fused-ring (bicyclic) bond motifs is 1. The van der Waals surface area contributed by atoms with Gasteiger partial charge in [-0.05, 0) is 43.5 Å². The number of ketones is 1. The number of carbonyl (C=O) groups is 2. The van der Waals surface area contributed by atoms with Crippen LogP contribution < -0.4 is 10.2 Å². The highest BCUT2D eigenvalue weighted by molar-refractivity contribution is 5.95. The molecule has 2 rings (SSSR count). The zero-order valence-corrected chi connectivity index (χ0v) is 11.5. The standard InChI is InChI=1S/C15H20N2O2/c1-3-7-16-15(19)10-17-8-6-13-9-12(11(2)18)4-5-14(13)17/h4-5,9H,3,6-8,10H2,1-2H3,(H,16,19). The molecule has 0 radical (unpaired) electrons. The molecule has 102 valence electrons. The maximum absolute atomic E-state index is 11.7. The molecule has 0 atom stereocenters. The number of Topliss-reactive ketones (excluding diaryl/α,β-unsaturated/α-hetero) is 1. The number of nitrogens with one attached hydrogen (secondary N) is 1. The molecule has 0 saturated heterocycles. The third kappa shape index (κ3) is 3.13. The monoisotopic (exact) mass is 260 g/mol. The molecular weight excluding hydrogens is 240 g/mol. The van der Waals surface area contributed by atoms with Crippen LogP contribution in [0.3, 0.4) is 0 Å². The average Bonchev–Trinajstić information content (AvgIpc) is 2.78. The summed E-state index contributed by atoms with van der Waals surface area (Å²) in [5.41, 5.74) is 2.99. The first kappa shape index (κ1) is 13.6. The van der Waals surface area contributed by atoms with Gasteiger partial charge in [-0.25, -0.2) is 0 Å². The van der Waals surface area contributed by atoms with E-state index in [0.29, 0.717) is 6.54 Å². The molecular formula is C15H20N2O2. The number of hydrogen-bond acceptors (Lipinski definition) is 3. The second-order valence-electron chi connectivity index (χ2n) is 4.92. The Labute approximate surface area is 113 Å². The Kier molecular flexibility index (Phi) is 4.20. The zero-order valence-electron chi connectivity index (χ0n) is 11.5. The smallest absolute Gasteiger partial charge is 0.239 e. The molecule has 0 aromatic heterocycles. The van der Waals surface area contributed by atoms with Gasteiger partial charge in [0.1, 0.15) is 0 Å². The van der Waals surface area contributed by atoms with Gasteiger partial charge >= 0.3 is 0 Å². The molecule has 4 heteroatoms. The van der Waals surface area contributed by atoms with Crippen molar-refractivity contribution in [2.75, 3.05) is 24.5 Å². The molecule has 1 heterocycles. The lowest BCUT2D eigenvalue weighted by molar-refractivity contribution is -0.119. The Morgan fingerprint density at radius 2 is 2.16 bits per heavy atom. The number of carbonyl (C=O) groups excluding carboxylic acids is 2. The van der Waals surface area contributed by atoms with Gasteiger partial charge in [-0.3, -0.25) is 9.59 Å². The van der Waals surface area contributed by atoms with Crippen LogP contribution in [0.2, 0.25) is 0 Å². The van der Waals surface area contributed by atoms with Crippen LogP contribution in [0, 0.1) is 0 Å². The fourth-order valence-electron chi connectivity index (χ4n) is 2.35. The Morgan fingerprint density at radius 1 is 1.37 bits per heavy atom.